The van der Waals surface area contributed by atoms with Gasteiger partial charge in [-0.05, 0) is 17.5 Å². The third-order valence-corrected chi connectivity index (χ3v) is 3.63. The first-order valence-electron chi connectivity index (χ1n) is 7.50. The van der Waals surface area contributed by atoms with Crippen molar-refractivity contribution in [2.24, 2.45) is 0 Å². The van der Waals surface area contributed by atoms with Crippen molar-refractivity contribution in [1.29, 1.82) is 0 Å². The summed E-state index contributed by atoms with van der Waals surface area (Å²) in [6.45, 7) is 4.31. The highest BCUT2D eigenvalue weighted by atomic mass is 19.3. The molecule has 0 radical (unpaired) electrons. The predicted octanol–water partition coefficient (Wildman–Crippen LogP) is 2.30. The number of para-hydroxylation sites is 1. The maximum atomic E-state index is 13.0. The summed E-state index contributed by atoms with van der Waals surface area (Å²) in [7, 11) is 0. The Kier molecular flexibility index (Phi) is 5.34. The zero-order chi connectivity index (χ0) is 16.2. The summed E-state index contributed by atoms with van der Waals surface area (Å²) in [5, 5.41) is 5.15. The first-order valence-corrected chi connectivity index (χ1v) is 7.50. The SMILES string of the molecule is CC(C)c1ccccc1OCCNC(=O)C1CC(F)(F)CN1. The number of halogens is 2. The number of carbonyl (C=O) groups excluding carboxylic acids is 1. The molecule has 0 spiro atoms. The Balaban J connectivity index is 1.75. The molecule has 1 aliphatic rings. The number of ether oxygens (including phenoxy) is 1. The number of amides is 1. The smallest absolute Gasteiger partial charge is 0.262 e. The number of rotatable bonds is 6. The van der Waals surface area contributed by atoms with E-state index in [1.165, 1.54) is 0 Å². The molecule has 0 bridgehead atoms. The third kappa shape index (κ3) is 4.40. The maximum absolute atomic E-state index is 13.0. The van der Waals surface area contributed by atoms with Crippen molar-refractivity contribution in [3.63, 3.8) is 0 Å². The van der Waals surface area contributed by atoms with Crippen molar-refractivity contribution < 1.29 is 18.3 Å². The zero-order valence-corrected chi connectivity index (χ0v) is 12.9. The van der Waals surface area contributed by atoms with E-state index in [0.29, 0.717) is 12.5 Å². The quantitative estimate of drug-likeness (QED) is 0.793. The van der Waals surface area contributed by atoms with Crippen molar-refractivity contribution >= 4 is 5.91 Å². The van der Waals surface area contributed by atoms with Crippen LogP contribution in [-0.2, 0) is 4.79 Å². The van der Waals surface area contributed by atoms with Crippen molar-refractivity contribution in [1.82, 2.24) is 10.6 Å². The molecule has 0 aromatic heterocycles. The lowest BCUT2D eigenvalue weighted by atomic mass is 10.0. The maximum Gasteiger partial charge on any atom is 0.262 e. The van der Waals surface area contributed by atoms with E-state index in [9.17, 15) is 13.6 Å². The highest BCUT2D eigenvalue weighted by Gasteiger charge is 2.42. The summed E-state index contributed by atoms with van der Waals surface area (Å²) in [5.41, 5.74) is 1.10. The monoisotopic (exact) mass is 312 g/mol. The van der Waals surface area contributed by atoms with E-state index in [-0.39, 0.29) is 6.54 Å². The Morgan fingerprint density at radius 2 is 2.18 bits per heavy atom. The van der Waals surface area contributed by atoms with Crippen LogP contribution in [0.15, 0.2) is 24.3 Å². The Hall–Kier alpha value is -1.69. The second-order valence-corrected chi connectivity index (χ2v) is 5.83. The molecule has 22 heavy (non-hydrogen) atoms. The van der Waals surface area contributed by atoms with Gasteiger partial charge < -0.3 is 10.1 Å². The van der Waals surface area contributed by atoms with Gasteiger partial charge in [0.25, 0.3) is 5.92 Å². The fraction of sp³-hybridized carbons (Fsp3) is 0.562. The molecule has 0 aliphatic carbocycles. The summed E-state index contributed by atoms with van der Waals surface area (Å²) in [6, 6.07) is 6.91. The van der Waals surface area contributed by atoms with Crippen LogP contribution in [0.2, 0.25) is 0 Å². The van der Waals surface area contributed by atoms with Gasteiger partial charge in [-0.15, -0.1) is 0 Å². The number of alkyl halides is 2. The highest BCUT2D eigenvalue weighted by Crippen LogP contribution is 2.26. The number of hydrogen-bond acceptors (Lipinski definition) is 3. The van der Waals surface area contributed by atoms with Crippen molar-refractivity contribution in [3.8, 4) is 5.75 Å². The molecule has 2 N–H and O–H groups in total. The molecule has 1 fully saturated rings. The van der Waals surface area contributed by atoms with E-state index < -0.39 is 30.8 Å². The summed E-state index contributed by atoms with van der Waals surface area (Å²) < 4.78 is 31.7. The first kappa shape index (κ1) is 16.7. The molecule has 4 nitrogen and oxygen atoms in total. The van der Waals surface area contributed by atoms with Gasteiger partial charge in [-0.2, -0.15) is 0 Å². The lowest BCUT2D eigenvalue weighted by Crippen LogP contribution is -2.41. The van der Waals surface area contributed by atoms with Gasteiger partial charge in [0.2, 0.25) is 5.91 Å². The zero-order valence-electron chi connectivity index (χ0n) is 12.9. The fourth-order valence-corrected chi connectivity index (χ4v) is 2.45. The van der Waals surface area contributed by atoms with Crippen LogP contribution in [0.1, 0.15) is 31.7 Å². The van der Waals surface area contributed by atoms with Gasteiger partial charge in [0.15, 0.2) is 0 Å². The largest absolute Gasteiger partial charge is 0.491 e. The van der Waals surface area contributed by atoms with Gasteiger partial charge in [0.1, 0.15) is 12.4 Å². The predicted molar refractivity (Wildman–Crippen MR) is 80.4 cm³/mol. The van der Waals surface area contributed by atoms with Crippen LogP contribution in [-0.4, -0.2) is 37.6 Å². The van der Waals surface area contributed by atoms with Gasteiger partial charge in [0.05, 0.1) is 19.1 Å². The molecule has 1 aromatic carbocycles. The first-order chi connectivity index (χ1) is 10.4. The van der Waals surface area contributed by atoms with Crippen molar-refractivity contribution in [3.05, 3.63) is 29.8 Å². The van der Waals surface area contributed by atoms with Crippen LogP contribution in [0.5, 0.6) is 5.75 Å². The van der Waals surface area contributed by atoms with E-state index in [2.05, 4.69) is 24.5 Å². The van der Waals surface area contributed by atoms with Crippen molar-refractivity contribution in [2.75, 3.05) is 19.7 Å². The third-order valence-electron chi connectivity index (χ3n) is 3.63. The molecule has 122 valence electrons. The summed E-state index contributed by atoms with van der Waals surface area (Å²) >= 11 is 0. The summed E-state index contributed by atoms with van der Waals surface area (Å²) in [6.07, 6.45) is -0.449. The number of benzene rings is 1. The highest BCUT2D eigenvalue weighted by molar-refractivity contribution is 5.82. The van der Waals surface area contributed by atoms with Crippen LogP contribution < -0.4 is 15.4 Å². The Labute approximate surface area is 129 Å². The molecule has 1 atom stereocenters. The summed E-state index contributed by atoms with van der Waals surface area (Å²) in [4.78, 5) is 11.8. The topological polar surface area (TPSA) is 50.4 Å². The van der Waals surface area contributed by atoms with E-state index in [4.69, 9.17) is 4.74 Å². The van der Waals surface area contributed by atoms with Crippen LogP contribution in [0.4, 0.5) is 8.78 Å². The normalized spacial score (nSPS) is 20.1. The van der Waals surface area contributed by atoms with Gasteiger partial charge in [0, 0.05) is 6.42 Å². The molecule has 1 amide bonds. The van der Waals surface area contributed by atoms with Crippen molar-refractivity contribution in [2.45, 2.75) is 38.2 Å². The number of carbonyl (C=O) groups is 1. The van der Waals surface area contributed by atoms with E-state index in [1.807, 2.05) is 24.3 Å². The molecule has 1 unspecified atom stereocenters. The minimum Gasteiger partial charge on any atom is -0.491 e. The number of nitrogens with one attached hydrogen (secondary N) is 2. The van der Waals surface area contributed by atoms with E-state index >= 15 is 0 Å². The molecular weight excluding hydrogens is 290 g/mol. The summed E-state index contributed by atoms with van der Waals surface area (Å²) in [5.74, 6) is -2.07. The number of hydrogen-bond donors (Lipinski definition) is 2. The van der Waals surface area contributed by atoms with Gasteiger partial charge in [-0.25, -0.2) is 8.78 Å². The Morgan fingerprint density at radius 3 is 2.82 bits per heavy atom. The molecular formula is C16H22F2N2O2. The van der Waals surface area contributed by atoms with Crippen LogP contribution >= 0.6 is 0 Å². The molecule has 1 saturated heterocycles. The van der Waals surface area contributed by atoms with Crippen LogP contribution in [0.3, 0.4) is 0 Å². The lowest BCUT2D eigenvalue weighted by molar-refractivity contribution is -0.123. The van der Waals surface area contributed by atoms with Gasteiger partial charge >= 0.3 is 0 Å². The molecule has 1 aliphatic heterocycles. The standard InChI is InChI=1S/C16H22F2N2O2/c1-11(2)12-5-3-4-6-14(12)22-8-7-19-15(21)13-9-16(17,18)10-20-13/h3-6,11,13,20H,7-10H2,1-2H3,(H,19,21). The van der Waals surface area contributed by atoms with Crippen LogP contribution in [0, 0.1) is 0 Å². The Bertz CT molecular complexity index is 521. The second-order valence-electron chi connectivity index (χ2n) is 5.83. The average molecular weight is 312 g/mol. The van der Waals surface area contributed by atoms with Crippen LogP contribution in [0.25, 0.3) is 0 Å². The van der Waals surface area contributed by atoms with Gasteiger partial charge in [-0.3, -0.25) is 10.1 Å². The fourth-order valence-electron chi connectivity index (χ4n) is 2.45. The lowest BCUT2D eigenvalue weighted by Gasteiger charge is -2.15. The van der Waals surface area contributed by atoms with Gasteiger partial charge in [-0.1, -0.05) is 32.0 Å². The van der Waals surface area contributed by atoms with E-state index in [1.54, 1.807) is 0 Å². The van der Waals surface area contributed by atoms with E-state index in [0.717, 1.165) is 11.3 Å². The molecule has 1 aromatic rings. The Morgan fingerprint density at radius 1 is 1.45 bits per heavy atom. The molecule has 0 saturated carbocycles. The second kappa shape index (κ2) is 7.05. The molecule has 1 heterocycles. The molecule has 2 rings (SSSR count). The molecule has 6 heteroatoms. The minimum absolute atomic E-state index is 0.287. The average Bonchev–Trinajstić information content (AvgIpc) is 2.84. The minimum atomic E-state index is -2.80.